The Kier molecular flexibility index (Phi) is 6.42. The highest BCUT2D eigenvalue weighted by Crippen LogP contribution is 2.18. The number of nitrogens with two attached hydrogens (primary N) is 1. The van der Waals surface area contributed by atoms with Crippen LogP contribution >= 0.6 is 0 Å². The standard InChI is InChI=1S/C14H28N4O2/c1-4-5-8-17(11-12(15)19)13(20)14(2,3)18-9-6-16-7-10-18/h16H,4-11H2,1-3H3,(H2,15,19). The molecule has 20 heavy (non-hydrogen) atoms. The summed E-state index contributed by atoms with van der Waals surface area (Å²) in [5.74, 6) is -0.461. The van der Waals surface area contributed by atoms with E-state index in [1.165, 1.54) is 0 Å². The zero-order chi connectivity index (χ0) is 15.2. The SMILES string of the molecule is CCCCN(CC(N)=O)C(=O)C(C)(C)N1CCNCC1. The van der Waals surface area contributed by atoms with Crippen molar-refractivity contribution in [1.29, 1.82) is 0 Å². The highest BCUT2D eigenvalue weighted by atomic mass is 16.2. The molecule has 1 rings (SSSR count). The summed E-state index contributed by atoms with van der Waals surface area (Å²) >= 11 is 0. The van der Waals surface area contributed by atoms with Crippen molar-refractivity contribution in [2.45, 2.75) is 39.2 Å². The molecule has 6 nitrogen and oxygen atoms in total. The molecule has 0 bridgehead atoms. The van der Waals surface area contributed by atoms with Crippen LogP contribution in [0.3, 0.4) is 0 Å². The van der Waals surface area contributed by atoms with Crippen molar-refractivity contribution >= 4 is 11.8 Å². The van der Waals surface area contributed by atoms with E-state index in [0.29, 0.717) is 6.54 Å². The molecule has 1 aliphatic rings. The van der Waals surface area contributed by atoms with Gasteiger partial charge in [-0.2, -0.15) is 0 Å². The first-order chi connectivity index (χ1) is 9.39. The molecule has 0 atom stereocenters. The van der Waals surface area contributed by atoms with Crippen molar-refractivity contribution in [2.75, 3.05) is 39.3 Å². The second-order valence-corrected chi connectivity index (χ2v) is 5.84. The van der Waals surface area contributed by atoms with E-state index in [4.69, 9.17) is 5.73 Å². The molecule has 0 aliphatic carbocycles. The maximum absolute atomic E-state index is 12.8. The monoisotopic (exact) mass is 284 g/mol. The van der Waals surface area contributed by atoms with Crippen molar-refractivity contribution in [2.24, 2.45) is 5.73 Å². The number of hydrogen-bond donors (Lipinski definition) is 2. The molecule has 1 aliphatic heterocycles. The Morgan fingerprint density at radius 2 is 1.90 bits per heavy atom. The zero-order valence-electron chi connectivity index (χ0n) is 12.9. The molecule has 0 radical (unpaired) electrons. The molecule has 0 spiro atoms. The predicted molar refractivity (Wildman–Crippen MR) is 79.2 cm³/mol. The van der Waals surface area contributed by atoms with Gasteiger partial charge < -0.3 is 16.0 Å². The number of amides is 2. The van der Waals surface area contributed by atoms with Gasteiger partial charge in [-0.1, -0.05) is 13.3 Å². The first kappa shape index (κ1) is 16.9. The third-order valence-electron chi connectivity index (χ3n) is 3.85. The lowest BCUT2D eigenvalue weighted by Gasteiger charge is -2.42. The van der Waals surface area contributed by atoms with Gasteiger partial charge in [-0.05, 0) is 20.3 Å². The summed E-state index contributed by atoms with van der Waals surface area (Å²) in [6.07, 6.45) is 1.87. The Hall–Kier alpha value is -1.14. The van der Waals surface area contributed by atoms with Gasteiger partial charge in [0.25, 0.3) is 0 Å². The molecule has 2 amide bonds. The molecular weight excluding hydrogens is 256 g/mol. The van der Waals surface area contributed by atoms with Crippen LogP contribution in [0.4, 0.5) is 0 Å². The van der Waals surface area contributed by atoms with Crippen LogP contribution in [0, 0.1) is 0 Å². The lowest BCUT2D eigenvalue weighted by Crippen LogP contribution is -2.61. The minimum absolute atomic E-state index is 0.00773. The molecule has 1 heterocycles. The lowest BCUT2D eigenvalue weighted by atomic mass is 9.99. The van der Waals surface area contributed by atoms with Crippen LogP contribution in [0.25, 0.3) is 0 Å². The molecule has 116 valence electrons. The molecule has 0 aromatic carbocycles. The molecule has 1 saturated heterocycles. The summed E-state index contributed by atoms with van der Waals surface area (Å²) in [6.45, 7) is 9.99. The van der Waals surface area contributed by atoms with Crippen molar-refractivity contribution in [3.8, 4) is 0 Å². The highest BCUT2D eigenvalue weighted by molar-refractivity contribution is 5.89. The van der Waals surface area contributed by atoms with Crippen LogP contribution < -0.4 is 11.1 Å². The number of carbonyl (C=O) groups is 2. The predicted octanol–water partition coefficient (Wildman–Crippen LogP) is -0.216. The largest absolute Gasteiger partial charge is 0.368 e. The normalized spacial score (nSPS) is 16.9. The van der Waals surface area contributed by atoms with E-state index in [0.717, 1.165) is 39.0 Å². The van der Waals surface area contributed by atoms with Gasteiger partial charge in [0.05, 0.1) is 12.1 Å². The van der Waals surface area contributed by atoms with Crippen LogP contribution in [0.15, 0.2) is 0 Å². The van der Waals surface area contributed by atoms with E-state index < -0.39 is 11.4 Å². The summed E-state index contributed by atoms with van der Waals surface area (Å²) in [7, 11) is 0. The van der Waals surface area contributed by atoms with Gasteiger partial charge in [-0.3, -0.25) is 14.5 Å². The van der Waals surface area contributed by atoms with E-state index in [2.05, 4.69) is 17.1 Å². The fourth-order valence-electron chi connectivity index (χ4n) is 2.54. The second-order valence-electron chi connectivity index (χ2n) is 5.84. The molecule has 6 heteroatoms. The minimum atomic E-state index is -0.592. The summed E-state index contributed by atoms with van der Waals surface area (Å²) in [6, 6.07) is 0. The Labute approximate surface area is 121 Å². The third kappa shape index (κ3) is 4.45. The number of primary amides is 1. The average Bonchev–Trinajstić information content (AvgIpc) is 2.43. The van der Waals surface area contributed by atoms with E-state index in [1.54, 1.807) is 4.90 Å². The van der Waals surface area contributed by atoms with Crippen molar-refractivity contribution in [1.82, 2.24) is 15.1 Å². The summed E-state index contributed by atoms with van der Waals surface area (Å²) in [5, 5.41) is 3.28. The fraction of sp³-hybridized carbons (Fsp3) is 0.857. The Balaban J connectivity index is 2.76. The maximum atomic E-state index is 12.8. The van der Waals surface area contributed by atoms with Gasteiger partial charge in [0, 0.05) is 32.7 Å². The topological polar surface area (TPSA) is 78.7 Å². The Morgan fingerprint density at radius 3 is 2.40 bits per heavy atom. The van der Waals surface area contributed by atoms with Crippen LogP contribution in [0.1, 0.15) is 33.6 Å². The summed E-state index contributed by atoms with van der Waals surface area (Å²) in [5.41, 5.74) is 4.68. The molecule has 0 aromatic heterocycles. The van der Waals surface area contributed by atoms with Crippen LogP contribution in [0.5, 0.6) is 0 Å². The van der Waals surface area contributed by atoms with Gasteiger partial charge in [-0.15, -0.1) is 0 Å². The number of unbranched alkanes of at least 4 members (excludes halogenated alkanes) is 1. The molecule has 1 fully saturated rings. The van der Waals surface area contributed by atoms with Crippen LogP contribution in [-0.2, 0) is 9.59 Å². The first-order valence-corrected chi connectivity index (χ1v) is 7.43. The molecule has 0 saturated carbocycles. The quantitative estimate of drug-likeness (QED) is 0.678. The van der Waals surface area contributed by atoms with Gasteiger partial charge in [0.15, 0.2) is 0 Å². The third-order valence-corrected chi connectivity index (χ3v) is 3.85. The molecule has 0 unspecified atom stereocenters. The number of rotatable bonds is 7. The summed E-state index contributed by atoms with van der Waals surface area (Å²) < 4.78 is 0. The molecule has 3 N–H and O–H groups in total. The fourth-order valence-corrected chi connectivity index (χ4v) is 2.54. The Morgan fingerprint density at radius 1 is 1.30 bits per heavy atom. The van der Waals surface area contributed by atoms with E-state index in [9.17, 15) is 9.59 Å². The zero-order valence-corrected chi connectivity index (χ0v) is 12.9. The number of nitrogens with zero attached hydrogens (tertiary/aromatic N) is 2. The van der Waals surface area contributed by atoms with E-state index >= 15 is 0 Å². The van der Waals surface area contributed by atoms with Crippen molar-refractivity contribution in [3.05, 3.63) is 0 Å². The number of carbonyl (C=O) groups excluding carboxylic acids is 2. The van der Waals surface area contributed by atoms with Crippen LogP contribution in [-0.4, -0.2) is 66.4 Å². The van der Waals surface area contributed by atoms with E-state index in [-0.39, 0.29) is 12.5 Å². The van der Waals surface area contributed by atoms with Gasteiger partial charge in [0.1, 0.15) is 0 Å². The smallest absolute Gasteiger partial charge is 0.242 e. The number of piperazine rings is 1. The second kappa shape index (κ2) is 7.59. The first-order valence-electron chi connectivity index (χ1n) is 7.43. The molecule has 0 aromatic rings. The van der Waals surface area contributed by atoms with Gasteiger partial charge in [-0.25, -0.2) is 0 Å². The summed E-state index contributed by atoms with van der Waals surface area (Å²) in [4.78, 5) is 27.7. The number of hydrogen-bond acceptors (Lipinski definition) is 4. The maximum Gasteiger partial charge on any atom is 0.242 e. The Bertz CT molecular complexity index is 338. The highest BCUT2D eigenvalue weighted by Gasteiger charge is 2.38. The lowest BCUT2D eigenvalue weighted by molar-refractivity contribution is -0.145. The number of nitrogens with one attached hydrogen (secondary N) is 1. The van der Waals surface area contributed by atoms with Gasteiger partial charge in [0.2, 0.25) is 11.8 Å². The van der Waals surface area contributed by atoms with Crippen molar-refractivity contribution in [3.63, 3.8) is 0 Å². The van der Waals surface area contributed by atoms with Crippen molar-refractivity contribution < 1.29 is 9.59 Å². The van der Waals surface area contributed by atoms with Crippen LogP contribution in [0.2, 0.25) is 0 Å². The average molecular weight is 284 g/mol. The van der Waals surface area contributed by atoms with Gasteiger partial charge >= 0.3 is 0 Å². The van der Waals surface area contributed by atoms with E-state index in [1.807, 2.05) is 13.8 Å². The molecular formula is C14H28N4O2. The minimum Gasteiger partial charge on any atom is -0.368 e.